The van der Waals surface area contributed by atoms with Crippen molar-refractivity contribution in [3.05, 3.63) is 33.1 Å². The number of halogens is 2. The van der Waals surface area contributed by atoms with Gasteiger partial charge in [0.15, 0.2) is 0 Å². The topological polar surface area (TPSA) is 64.4 Å². The summed E-state index contributed by atoms with van der Waals surface area (Å²) < 4.78 is 19.2. The lowest BCUT2D eigenvalue weighted by atomic mass is 9.64. The molecule has 116 valence electrons. The highest BCUT2D eigenvalue weighted by Crippen LogP contribution is 2.45. The van der Waals surface area contributed by atoms with Gasteiger partial charge in [-0.2, -0.15) is 0 Å². The zero-order valence-corrected chi connectivity index (χ0v) is 12.9. The molecule has 7 heteroatoms. The van der Waals surface area contributed by atoms with Crippen LogP contribution in [0.3, 0.4) is 0 Å². The van der Waals surface area contributed by atoms with Crippen LogP contribution in [0.25, 0.3) is 0 Å². The molecular weight excluding hydrogens is 299 g/mol. The van der Waals surface area contributed by atoms with Gasteiger partial charge >= 0.3 is 0 Å². The third-order valence-electron chi connectivity index (χ3n) is 4.11. The lowest BCUT2D eigenvalue weighted by molar-refractivity contribution is -0.384. The summed E-state index contributed by atoms with van der Waals surface area (Å²) in [5.41, 5.74) is -0.257. The van der Waals surface area contributed by atoms with Crippen molar-refractivity contribution in [3.8, 4) is 0 Å². The van der Waals surface area contributed by atoms with Crippen LogP contribution < -0.4 is 5.32 Å². The summed E-state index contributed by atoms with van der Waals surface area (Å²) in [5.74, 6) is -0.678. The Morgan fingerprint density at radius 2 is 2.24 bits per heavy atom. The molecule has 0 aliphatic heterocycles. The Hall–Kier alpha value is -1.40. The quantitative estimate of drug-likeness (QED) is 0.658. The van der Waals surface area contributed by atoms with Gasteiger partial charge < -0.3 is 10.1 Å². The molecule has 0 bridgehead atoms. The van der Waals surface area contributed by atoms with Crippen LogP contribution in [0.15, 0.2) is 12.1 Å². The molecule has 1 aliphatic carbocycles. The van der Waals surface area contributed by atoms with E-state index in [9.17, 15) is 14.5 Å². The van der Waals surface area contributed by atoms with Crippen molar-refractivity contribution in [1.29, 1.82) is 0 Å². The first-order valence-corrected chi connectivity index (χ1v) is 7.16. The molecule has 1 aliphatic rings. The SMILES string of the molecule is CCOC1CC(Nc2cc(F)c(Cl)cc2[N+](=O)[O-])C1(C)C. The normalized spacial score (nSPS) is 23.5. The van der Waals surface area contributed by atoms with Gasteiger partial charge in [0.25, 0.3) is 5.69 Å². The number of anilines is 1. The van der Waals surface area contributed by atoms with Crippen molar-refractivity contribution in [3.63, 3.8) is 0 Å². The minimum absolute atomic E-state index is 0.0201. The summed E-state index contributed by atoms with van der Waals surface area (Å²) in [4.78, 5) is 10.5. The Balaban J connectivity index is 2.21. The first kappa shape index (κ1) is 16.0. The summed E-state index contributed by atoms with van der Waals surface area (Å²) in [6.45, 7) is 6.59. The predicted octanol–water partition coefficient (Wildman–Crippen LogP) is 4.00. The number of nitro benzene ring substituents is 1. The monoisotopic (exact) mass is 316 g/mol. The van der Waals surface area contributed by atoms with E-state index in [1.807, 2.05) is 20.8 Å². The second kappa shape index (κ2) is 5.77. The standard InChI is InChI=1S/C14H18ClFN2O3/c1-4-21-13-7-12(14(13,2)3)17-10-6-9(16)8(15)5-11(10)18(19)20/h5-6,12-13,17H,4,7H2,1-3H3. The van der Waals surface area contributed by atoms with E-state index in [4.69, 9.17) is 16.3 Å². The van der Waals surface area contributed by atoms with Gasteiger partial charge in [-0.3, -0.25) is 10.1 Å². The summed E-state index contributed by atoms with van der Waals surface area (Å²) in [6, 6.07) is 2.09. The lowest BCUT2D eigenvalue weighted by Crippen LogP contribution is -2.58. The van der Waals surface area contributed by atoms with Gasteiger partial charge in [-0.05, 0) is 13.3 Å². The predicted molar refractivity (Wildman–Crippen MR) is 79.3 cm³/mol. The molecule has 2 rings (SSSR count). The highest BCUT2D eigenvalue weighted by atomic mass is 35.5. The van der Waals surface area contributed by atoms with Crippen LogP contribution in [0.5, 0.6) is 0 Å². The zero-order valence-electron chi connectivity index (χ0n) is 12.2. The molecule has 1 aromatic carbocycles. The number of benzene rings is 1. The molecule has 0 radical (unpaired) electrons. The molecule has 0 heterocycles. The van der Waals surface area contributed by atoms with Crippen LogP contribution in [0.4, 0.5) is 15.8 Å². The lowest BCUT2D eigenvalue weighted by Gasteiger charge is -2.51. The van der Waals surface area contributed by atoms with Gasteiger partial charge in [-0.25, -0.2) is 4.39 Å². The van der Waals surface area contributed by atoms with Gasteiger partial charge in [0.1, 0.15) is 11.5 Å². The Bertz CT molecular complexity index is 565. The Morgan fingerprint density at radius 3 is 2.76 bits per heavy atom. The Labute approximate surface area is 127 Å². The number of ether oxygens (including phenoxy) is 1. The van der Waals surface area contributed by atoms with Crippen LogP contribution >= 0.6 is 11.6 Å². The number of nitrogens with one attached hydrogen (secondary N) is 1. The zero-order chi connectivity index (χ0) is 15.8. The molecule has 21 heavy (non-hydrogen) atoms. The van der Waals surface area contributed by atoms with Gasteiger partial charge in [-0.15, -0.1) is 0 Å². The minimum atomic E-state index is -0.678. The number of nitrogens with zero attached hydrogens (tertiary/aromatic N) is 1. The van der Waals surface area contributed by atoms with E-state index >= 15 is 0 Å². The second-order valence-electron chi connectivity index (χ2n) is 5.74. The van der Waals surface area contributed by atoms with E-state index in [0.717, 1.165) is 18.6 Å². The van der Waals surface area contributed by atoms with Crippen molar-refractivity contribution in [2.75, 3.05) is 11.9 Å². The van der Waals surface area contributed by atoms with Gasteiger partial charge in [0, 0.05) is 30.2 Å². The number of rotatable bonds is 5. The van der Waals surface area contributed by atoms with Crippen LogP contribution in [0.1, 0.15) is 27.2 Å². The Morgan fingerprint density at radius 1 is 1.57 bits per heavy atom. The minimum Gasteiger partial charge on any atom is -0.378 e. The van der Waals surface area contributed by atoms with Crippen LogP contribution in [-0.2, 0) is 4.74 Å². The summed E-state index contributed by atoms with van der Waals surface area (Å²) in [6.07, 6.45) is 0.818. The highest BCUT2D eigenvalue weighted by molar-refractivity contribution is 6.31. The van der Waals surface area contributed by atoms with Crippen molar-refractivity contribution in [2.45, 2.75) is 39.3 Å². The van der Waals surface area contributed by atoms with E-state index in [-0.39, 0.29) is 34.0 Å². The molecule has 1 aromatic rings. The highest BCUT2D eigenvalue weighted by Gasteiger charge is 2.49. The molecule has 1 N–H and O–H groups in total. The number of hydrogen-bond donors (Lipinski definition) is 1. The van der Waals surface area contributed by atoms with Crippen molar-refractivity contribution in [1.82, 2.24) is 0 Å². The summed E-state index contributed by atoms with van der Waals surface area (Å²) in [7, 11) is 0. The van der Waals surface area contributed by atoms with Crippen molar-refractivity contribution in [2.24, 2.45) is 5.41 Å². The van der Waals surface area contributed by atoms with E-state index < -0.39 is 10.7 Å². The smallest absolute Gasteiger partial charge is 0.294 e. The maximum atomic E-state index is 13.6. The average molecular weight is 317 g/mol. The maximum absolute atomic E-state index is 13.6. The molecule has 2 atom stereocenters. The Kier molecular flexibility index (Phi) is 4.39. The van der Waals surface area contributed by atoms with Gasteiger partial charge in [-0.1, -0.05) is 25.4 Å². The van der Waals surface area contributed by atoms with Crippen molar-refractivity contribution >= 4 is 23.0 Å². The molecule has 0 saturated heterocycles. The molecule has 2 unspecified atom stereocenters. The average Bonchev–Trinajstić information content (AvgIpc) is 2.41. The molecule has 0 aromatic heterocycles. The van der Waals surface area contributed by atoms with Crippen LogP contribution in [-0.4, -0.2) is 23.7 Å². The van der Waals surface area contributed by atoms with Crippen LogP contribution in [0.2, 0.25) is 5.02 Å². The van der Waals surface area contributed by atoms with E-state index in [0.29, 0.717) is 6.61 Å². The van der Waals surface area contributed by atoms with Crippen LogP contribution in [0, 0.1) is 21.3 Å². The fourth-order valence-electron chi connectivity index (χ4n) is 2.61. The first-order valence-electron chi connectivity index (χ1n) is 6.79. The van der Waals surface area contributed by atoms with E-state index in [1.165, 1.54) is 0 Å². The molecule has 0 amide bonds. The second-order valence-corrected chi connectivity index (χ2v) is 6.15. The third-order valence-corrected chi connectivity index (χ3v) is 4.40. The molecule has 1 fully saturated rings. The summed E-state index contributed by atoms with van der Waals surface area (Å²) >= 11 is 5.61. The first-order chi connectivity index (χ1) is 9.77. The number of hydrogen-bond acceptors (Lipinski definition) is 4. The molecular formula is C14H18ClFN2O3. The van der Waals surface area contributed by atoms with E-state index in [2.05, 4.69) is 5.32 Å². The maximum Gasteiger partial charge on any atom is 0.294 e. The fraction of sp³-hybridized carbons (Fsp3) is 0.571. The summed E-state index contributed by atoms with van der Waals surface area (Å²) in [5, 5.41) is 13.9. The van der Waals surface area contributed by atoms with E-state index in [1.54, 1.807) is 0 Å². The third kappa shape index (κ3) is 2.96. The van der Waals surface area contributed by atoms with Gasteiger partial charge in [0.05, 0.1) is 16.0 Å². The number of nitro groups is 1. The molecule has 5 nitrogen and oxygen atoms in total. The van der Waals surface area contributed by atoms with Crippen molar-refractivity contribution < 1.29 is 14.1 Å². The molecule has 0 spiro atoms. The fourth-order valence-corrected chi connectivity index (χ4v) is 2.76. The molecule has 1 saturated carbocycles. The van der Waals surface area contributed by atoms with Gasteiger partial charge in [0.2, 0.25) is 0 Å². The largest absolute Gasteiger partial charge is 0.378 e.